The number of nitrogens with one attached hydrogen (secondary N) is 1. The van der Waals surface area contributed by atoms with Crippen molar-refractivity contribution in [1.82, 2.24) is 10.2 Å². The smallest absolute Gasteiger partial charge is 0.0315 e. The molecule has 17 heavy (non-hydrogen) atoms. The van der Waals surface area contributed by atoms with E-state index in [0.29, 0.717) is 5.41 Å². The van der Waals surface area contributed by atoms with E-state index in [0.717, 1.165) is 18.1 Å². The van der Waals surface area contributed by atoms with Crippen LogP contribution in [0.2, 0.25) is 0 Å². The first kappa shape index (κ1) is 12.0. The van der Waals surface area contributed by atoms with E-state index < -0.39 is 0 Å². The Labute approximate surface area is 106 Å². The van der Waals surface area contributed by atoms with Gasteiger partial charge in [0.25, 0.3) is 0 Å². The minimum absolute atomic E-state index is 0.475. The molecule has 1 aliphatic carbocycles. The number of fused-ring (bicyclic) bond motifs is 1. The highest BCUT2D eigenvalue weighted by molar-refractivity contribution is 5.05. The Morgan fingerprint density at radius 2 is 1.76 bits per heavy atom. The van der Waals surface area contributed by atoms with Crippen molar-refractivity contribution in [3.8, 4) is 0 Å². The van der Waals surface area contributed by atoms with Gasteiger partial charge in [-0.3, -0.25) is 4.90 Å². The van der Waals surface area contributed by atoms with Gasteiger partial charge in [-0.2, -0.15) is 0 Å². The predicted molar refractivity (Wildman–Crippen MR) is 72.2 cm³/mol. The fraction of sp³-hybridized carbons (Fsp3) is 1.00. The van der Waals surface area contributed by atoms with Gasteiger partial charge in [0.05, 0.1) is 0 Å². The predicted octanol–water partition coefficient (Wildman–Crippen LogP) is 2.78. The van der Waals surface area contributed by atoms with Crippen LogP contribution in [-0.2, 0) is 0 Å². The first-order chi connectivity index (χ1) is 8.18. The fourth-order valence-electron chi connectivity index (χ4n) is 4.55. The van der Waals surface area contributed by atoms with Crippen LogP contribution in [0.4, 0.5) is 0 Å². The van der Waals surface area contributed by atoms with Crippen molar-refractivity contribution in [1.29, 1.82) is 0 Å². The maximum Gasteiger partial charge on any atom is 0.0315 e. The summed E-state index contributed by atoms with van der Waals surface area (Å²) in [7, 11) is 0. The molecule has 2 nitrogen and oxygen atoms in total. The lowest BCUT2D eigenvalue weighted by molar-refractivity contribution is 0.0229. The normalized spacial score (nSPS) is 39.2. The molecule has 1 N–H and O–H groups in total. The van der Waals surface area contributed by atoms with Crippen LogP contribution in [0.5, 0.6) is 0 Å². The van der Waals surface area contributed by atoms with Gasteiger partial charge in [0.15, 0.2) is 0 Å². The molecule has 0 radical (unpaired) electrons. The molecule has 0 spiro atoms. The lowest BCUT2D eigenvalue weighted by Crippen LogP contribution is -2.57. The van der Waals surface area contributed by atoms with Crippen LogP contribution in [0, 0.1) is 5.41 Å². The zero-order valence-electron chi connectivity index (χ0n) is 11.5. The molecule has 2 aliphatic heterocycles. The second-order valence-electron chi connectivity index (χ2n) is 7.09. The van der Waals surface area contributed by atoms with Crippen molar-refractivity contribution in [3.05, 3.63) is 0 Å². The Bertz CT molecular complexity index is 268. The summed E-state index contributed by atoms with van der Waals surface area (Å²) in [6.07, 6.45) is 10.1. The third-order valence-electron chi connectivity index (χ3n) is 5.33. The van der Waals surface area contributed by atoms with E-state index in [9.17, 15) is 0 Å². The van der Waals surface area contributed by atoms with Crippen molar-refractivity contribution < 1.29 is 0 Å². The van der Waals surface area contributed by atoms with Gasteiger partial charge in [0.2, 0.25) is 0 Å². The van der Waals surface area contributed by atoms with E-state index in [1.54, 1.807) is 0 Å². The molecular formula is C15H28N2. The maximum absolute atomic E-state index is 3.78. The molecule has 2 atom stereocenters. The molecule has 0 amide bonds. The first-order valence-electron chi connectivity index (χ1n) is 7.68. The van der Waals surface area contributed by atoms with Gasteiger partial charge < -0.3 is 5.32 Å². The van der Waals surface area contributed by atoms with Gasteiger partial charge in [0.1, 0.15) is 0 Å². The molecule has 1 saturated carbocycles. The molecule has 2 unspecified atom stereocenters. The molecule has 3 rings (SSSR count). The molecule has 3 aliphatic rings. The maximum atomic E-state index is 3.78. The number of rotatable bonds is 1. The van der Waals surface area contributed by atoms with Crippen LogP contribution in [0.25, 0.3) is 0 Å². The Hall–Kier alpha value is -0.0800. The van der Waals surface area contributed by atoms with E-state index in [1.165, 1.54) is 58.0 Å². The lowest BCUT2D eigenvalue weighted by atomic mass is 9.78. The monoisotopic (exact) mass is 236 g/mol. The average Bonchev–Trinajstić information content (AvgIpc) is 2.67. The molecule has 98 valence electrons. The third kappa shape index (κ3) is 2.15. The zero-order chi connectivity index (χ0) is 11.9. The third-order valence-corrected chi connectivity index (χ3v) is 5.33. The van der Waals surface area contributed by atoms with Crippen molar-refractivity contribution in [2.24, 2.45) is 5.41 Å². The van der Waals surface area contributed by atoms with Gasteiger partial charge in [0, 0.05) is 24.7 Å². The van der Waals surface area contributed by atoms with Crippen LogP contribution in [0.3, 0.4) is 0 Å². The second kappa shape index (κ2) is 4.55. The van der Waals surface area contributed by atoms with Crippen LogP contribution in [0.15, 0.2) is 0 Å². The summed E-state index contributed by atoms with van der Waals surface area (Å²) in [6, 6.07) is 2.48. The lowest BCUT2D eigenvalue weighted by Gasteiger charge is -2.48. The highest BCUT2D eigenvalue weighted by Gasteiger charge is 2.48. The zero-order valence-corrected chi connectivity index (χ0v) is 11.5. The Balaban J connectivity index is 1.77. The standard InChI is InChI=1S/C15H28N2/c1-15(2)11-16-13-9-6-10-17(14(13)15)12-7-4-3-5-8-12/h12-14,16H,3-11H2,1-2H3. The van der Waals surface area contributed by atoms with Crippen molar-refractivity contribution in [3.63, 3.8) is 0 Å². The summed E-state index contributed by atoms with van der Waals surface area (Å²) in [4.78, 5) is 2.90. The number of hydrogen-bond donors (Lipinski definition) is 1. The second-order valence-corrected chi connectivity index (χ2v) is 7.09. The van der Waals surface area contributed by atoms with Crippen molar-refractivity contribution in [2.75, 3.05) is 13.1 Å². The molecule has 0 aromatic rings. The van der Waals surface area contributed by atoms with Crippen molar-refractivity contribution >= 4 is 0 Å². The summed E-state index contributed by atoms with van der Waals surface area (Å²) >= 11 is 0. The van der Waals surface area contributed by atoms with Crippen LogP contribution in [0.1, 0.15) is 58.8 Å². The van der Waals surface area contributed by atoms with E-state index in [2.05, 4.69) is 24.1 Å². The van der Waals surface area contributed by atoms with Crippen molar-refractivity contribution in [2.45, 2.75) is 76.9 Å². The minimum atomic E-state index is 0.475. The van der Waals surface area contributed by atoms with Crippen LogP contribution < -0.4 is 5.32 Å². The molecule has 2 heterocycles. The van der Waals surface area contributed by atoms with E-state index in [4.69, 9.17) is 0 Å². The van der Waals surface area contributed by atoms with Crippen LogP contribution >= 0.6 is 0 Å². The Morgan fingerprint density at radius 3 is 2.53 bits per heavy atom. The molecule has 0 aromatic carbocycles. The highest BCUT2D eigenvalue weighted by Crippen LogP contribution is 2.40. The quantitative estimate of drug-likeness (QED) is 0.753. The van der Waals surface area contributed by atoms with Gasteiger partial charge in [-0.25, -0.2) is 0 Å². The molecule has 0 bridgehead atoms. The summed E-state index contributed by atoms with van der Waals surface area (Å²) < 4.78 is 0. The molecule has 2 saturated heterocycles. The summed E-state index contributed by atoms with van der Waals surface area (Å²) in [5.41, 5.74) is 0.475. The van der Waals surface area contributed by atoms with Gasteiger partial charge in [-0.05, 0) is 37.6 Å². The topological polar surface area (TPSA) is 15.3 Å². The largest absolute Gasteiger partial charge is 0.312 e. The Morgan fingerprint density at radius 1 is 1.00 bits per heavy atom. The molecular weight excluding hydrogens is 208 g/mol. The summed E-state index contributed by atoms with van der Waals surface area (Å²) in [5.74, 6) is 0. The van der Waals surface area contributed by atoms with Gasteiger partial charge >= 0.3 is 0 Å². The number of hydrogen-bond acceptors (Lipinski definition) is 2. The Kier molecular flexibility index (Phi) is 3.20. The fourth-order valence-corrected chi connectivity index (χ4v) is 4.55. The van der Waals surface area contributed by atoms with Crippen LogP contribution in [-0.4, -0.2) is 36.1 Å². The summed E-state index contributed by atoms with van der Waals surface area (Å²) in [6.45, 7) is 7.50. The van der Waals surface area contributed by atoms with Gasteiger partial charge in [-0.1, -0.05) is 33.1 Å². The number of nitrogens with zero attached hydrogens (tertiary/aromatic N) is 1. The molecule has 0 aromatic heterocycles. The molecule has 2 heteroatoms. The number of piperidine rings is 1. The molecule has 3 fully saturated rings. The average molecular weight is 236 g/mol. The SMILES string of the molecule is CC1(C)CNC2CCCN(C3CCCCC3)C21. The van der Waals surface area contributed by atoms with Gasteiger partial charge in [-0.15, -0.1) is 0 Å². The van der Waals surface area contributed by atoms with E-state index in [-0.39, 0.29) is 0 Å². The van der Waals surface area contributed by atoms with E-state index in [1.807, 2.05) is 0 Å². The minimum Gasteiger partial charge on any atom is -0.312 e. The first-order valence-corrected chi connectivity index (χ1v) is 7.68. The van der Waals surface area contributed by atoms with E-state index >= 15 is 0 Å². The highest BCUT2D eigenvalue weighted by atomic mass is 15.3. The number of likely N-dealkylation sites (tertiary alicyclic amines) is 1. The summed E-state index contributed by atoms with van der Waals surface area (Å²) in [5, 5.41) is 3.78.